The quantitative estimate of drug-likeness (QED) is 0.462. The van der Waals surface area contributed by atoms with Crippen LogP contribution in [0.3, 0.4) is 0 Å². The first kappa shape index (κ1) is 22.3. The zero-order chi connectivity index (χ0) is 20.6. The first-order chi connectivity index (χ1) is 13.3. The van der Waals surface area contributed by atoms with Crippen LogP contribution < -0.4 is 15.4 Å². The number of aryl methyl sites for hydroxylation is 1. The van der Waals surface area contributed by atoms with Crippen molar-refractivity contribution < 1.29 is 22.6 Å². The Morgan fingerprint density at radius 3 is 2.61 bits per heavy atom. The van der Waals surface area contributed by atoms with Gasteiger partial charge in [-0.15, -0.1) is 0 Å². The lowest BCUT2D eigenvalue weighted by Gasteiger charge is -2.18. The van der Waals surface area contributed by atoms with E-state index in [-0.39, 0.29) is 17.7 Å². The van der Waals surface area contributed by atoms with Crippen molar-refractivity contribution in [2.75, 3.05) is 33.4 Å². The number of guanidine groups is 1. The van der Waals surface area contributed by atoms with E-state index in [0.29, 0.717) is 18.1 Å². The van der Waals surface area contributed by atoms with Crippen LogP contribution in [-0.4, -0.2) is 45.5 Å². The highest BCUT2D eigenvalue weighted by Gasteiger charge is 2.41. The molecule has 0 aromatic heterocycles. The Morgan fingerprint density at radius 2 is 2.00 bits per heavy atom. The van der Waals surface area contributed by atoms with Gasteiger partial charge in [-0.25, -0.2) is 4.99 Å². The number of nitrogens with zero attached hydrogens (tertiary/aromatic N) is 1. The number of methoxy groups -OCH3 is 1. The number of hydrogen-bond donors (Lipinski definition) is 2. The van der Waals surface area contributed by atoms with Crippen molar-refractivity contribution in [1.29, 1.82) is 0 Å². The van der Waals surface area contributed by atoms with Gasteiger partial charge >= 0.3 is 6.18 Å². The molecule has 0 saturated heterocycles. The van der Waals surface area contributed by atoms with Crippen LogP contribution in [-0.2, 0) is 11.3 Å². The Kier molecular flexibility index (Phi) is 7.98. The third-order valence-corrected chi connectivity index (χ3v) is 4.79. The summed E-state index contributed by atoms with van der Waals surface area (Å²) in [6, 6.07) is 5.21. The van der Waals surface area contributed by atoms with Crippen molar-refractivity contribution in [2.24, 2.45) is 10.4 Å². The van der Waals surface area contributed by atoms with E-state index in [9.17, 15) is 13.2 Å². The van der Waals surface area contributed by atoms with Crippen LogP contribution >= 0.6 is 0 Å². The number of hydrogen-bond acceptors (Lipinski definition) is 3. The van der Waals surface area contributed by atoms with Crippen LogP contribution in [0.4, 0.5) is 13.2 Å². The number of rotatable bonds is 10. The summed E-state index contributed by atoms with van der Waals surface area (Å²) in [5, 5.41) is 6.54. The maximum atomic E-state index is 12.5. The van der Waals surface area contributed by atoms with Crippen molar-refractivity contribution in [1.82, 2.24) is 10.6 Å². The van der Waals surface area contributed by atoms with Crippen LogP contribution in [0.15, 0.2) is 23.2 Å². The Balaban J connectivity index is 2.01. The molecule has 1 aromatic carbocycles. The lowest BCUT2D eigenvalue weighted by molar-refractivity contribution is -0.153. The van der Waals surface area contributed by atoms with Crippen LogP contribution in [0.1, 0.15) is 37.3 Å². The normalized spacial score (nSPS) is 16.0. The van der Waals surface area contributed by atoms with Gasteiger partial charge < -0.3 is 20.1 Å². The Morgan fingerprint density at radius 1 is 1.25 bits per heavy atom. The molecule has 1 fully saturated rings. The molecule has 1 aliphatic rings. The fourth-order valence-corrected chi connectivity index (χ4v) is 2.87. The summed E-state index contributed by atoms with van der Waals surface area (Å²) in [5.74, 6) is 0.865. The van der Waals surface area contributed by atoms with Crippen LogP contribution in [0.5, 0.6) is 5.75 Å². The number of aliphatic imine (C=N–C) groups is 1. The van der Waals surface area contributed by atoms with Gasteiger partial charge in [0.25, 0.3) is 0 Å². The summed E-state index contributed by atoms with van der Waals surface area (Å²) in [6.07, 6.45) is -1.04. The van der Waals surface area contributed by atoms with E-state index in [1.54, 1.807) is 19.2 Å². The number of nitrogens with one attached hydrogen (secondary N) is 2. The minimum atomic E-state index is -4.37. The third-order valence-electron chi connectivity index (χ3n) is 4.79. The first-order valence-corrected chi connectivity index (χ1v) is 9.57. The lowest BCUT2D eigenvalue weighted by atomic mass is 10.0. The molecular weight excluding hydrogens is 371 g/mol. The van der Waals surface area contributed by atoms with E-state index in [1.165, 1.54) is 0 Å². The van der Waals surface area contributed by atoms with Crippen LogP contribution in [0.2, 0.25) is 0 Å². The molecule has 0 aliphatic heterocycles. The highest BCUT2D eigenvalue weighted by molar-refractivity contribution is 5.79. The second-order valence-corrected chi connectivity index (χ2v) is 7.31. The average molecular weight is 401 g/mol. The summed E-state index contributed by atoms with van der Waals surface area (Å²) in [7, 11) is 1.70. The summed E-state index contributed by atoms with van der Waals surface area (Å²) in [6.45, 7) is 4.93. The topological polar surface area (TPSA) is 54.9 Å². The fraction of sp³-hybridized carbons (Fsp3) is 0.650. The maximum Gasteiger partial charge on any atom is 0.422 e. The number of halogens is 3. The van der Waals surface area contributed by atoms with Crippen molar-refractivity contribution >= 4 is 5.96 Å². The Hall–Kier alpha value is -1.96. The molecule has 0 unspecified atom stereocenters. The van der Waals surface area contributed by atoms with Crippen molar-refractivity contribution in [2.45, 2.75) is 45.8 Å². The SMILES string of the molecule is CCNC(=NCc1ccc(C)cc1OCC(F)(F)F)NCC1(CCOC)CC1. The second-order valence-electron chi connectivity index (χ2n) is 7.31. The molecule has 28 heavy (non-hydrogen) atoms. The number of ether oxygens (including phenoxy) is 2. The minimum Gasteiger partial charge on any atom is -0.484 e. The standard InChI is InChI=1S/C20H30F3N3O2/c1-4-24-18(26-13-19(7-8-19)9-10-27-3)25-12-16-6-5-15(2)11-17(16)28-14-20(21,22)23/h5-6,11H,4,7-10,12-14H2,1-3H3,(H2,24,25,26). The van der Waals surface area contributed by atoms with E-state index in [4.69, 9.17) is 9.47 Å². The predicted octanol–water partition coefficient (Wildman–Crippen LogP) is 3.81. The zero-order valence-corrected chi connectivity index (χ0v) is 16.8. The van der Waals surface area contributed by atoms with E-state index in [0.717, 1.165) is 38.0 Å². The smallest absolute Gasteiger partial charge is 0.422 e. The van der Waals surface area contributed by atoms with E-state index in [2.05, 4.69) is 15.6 Å². The van der Waals surface area contributed by atoms with Gasteiger partial charge in [0.15, 0.2) is 12.6 Å². The zero-order valence-electron chi connectivity index (χ0n) is 16.8. The molecule has 0 bridgehead atoms. The van der Waals surface area contributed by atoms with Crippen LogP contribution in [0, 0.1) is 12.3 Å². The van der Waals surface area contributed by atoms with Gasteiger partial charge in [-0.1, -0.05) is 12.1 Å². The third kappa shape index (κ3) is 7.58. The molecule has 0 heterocycles. The monoisotopic (exact) mass is 401 g/mol. The average Bonchev–Trinajstić information content (AvgIpc) is 3.41. The van der Waals surface area contributed by atoms with E-state index in [1.807, 2.05) is 19.9 Å². The van der Waals surface area contributed by atoms with Crippen molar-refractivity contribution in [3.63, 3.8) is 0 Å². The molecule has 0 spiro atoms. The molecule has 2 N–H and O–H groups in total. The van der Waals surface area contributed by atoms with Gasteiger partial charge in [0.05, 0.1) is 6.54 Å². The molecule has 158 valence electrons. The van der Waals surface area contributed by atoms with Crippen molar-refractivity contribution in [3.05, 3.63) is 29.3 Å². The Labute approximate surface area is 164 Å². The highest BCUT2D eigenvalue weighted by atomic mass is 19.4. The van der Waals surface area contributed by atoms with Crippen LogP contribution in [0.25, 0.3) is 0 Å². The second kappa shape index (κ2) is 10.0. The molecule has 1 saturated carbocycles. The molecule has 1 aliphatic carbocycles. The fourth-order valence-electron chi connectivity index (χ4n) is 2.87. The lowest BCUT2D eigenvalue weighted by Crippen LogP contribution is -2.40. The molecule has 0 radical (unpaired) electrons. The maximum absolute atomic E-state index is 12.5. The largest absolute Gasteiger partial charge is 0.484 e. The molecule has 5 nitrogen and oxygen atoms in total. The highest BCUT2D eigenvalue weighted by Crippen LogP contribution is 2.48. The number of alkyl halides is 3. The van der Waals surface area contributed by atoms with Gasteiger partial charge in [0.2, 0.25) is 0 Å². The van der Waals surface area contributed by atoms with Gasteiger partial charge in [-0.2, -0.15) is 13.2 Å². The number of benzene rings is 1. The van der Waals surface area contributed by atoms with Crippen molar-refractivity contribution in [3.8, 4) is 5.75 Å². The predicted molar refractivity (Wildman–Crippen MR) is 104 cm³/mol. The minimum absolute atomic E-state index is 0.218. The first-order valence-electron chi connectivity index (χ1n) is 9.57. The summed E-state index contributed by atoms with van der Waals surface area (Å²) >= 11 is 0. The molecule has 1 aromatic rings. The summed E-state index contributed by atoms with van der Waals surface area (Å²) < 4.78 is 47.7. The molecule has 8 heteroatoms. The van der Waals surface area contributed by atoms with Gasteiger partial charge in [-0.3, -0.25) is 0 Å². The van der Waals surface area contributed by atoms with Gasteiger partial charge in [0, 0.05) is 32.4 Å². The molecule has 0 atom stereocenters. The van der Waals surface area contributed by atoms with Gasteiger partial charge in [-0.05, 0) is 50.2 Å². The molecule has 2 rings (SSSR count). The molecular formula is C20H30F3N3O2. The Bertz CT molecular complexity index is 659. The summed E-state index contributed by atoms with van der Waals surface area (Å²) in [5.41, 5.74) is 1.72. The van der Waals surface area contributed by atoms with E-state index < -0.39 is 12.8 Å². The molecule has 0 amide bonds. The van der Waals surface area contributed by atoms with Gasteiger partial charge in [0.1, 0.15) is 5.75 Å². The summed E-state index contributed by atoms with van der Waals surface area (Å²) in [4.78, 5) is 4.53. The van der Waals surface area contributed by atoms with E-state index >= 15 is 0 Å².